The zero-order valence-electron chi connectivity index (χ0n) is 14.3. The number of hydrogen-bond donors (Lipinski definition) is 1. The molecular weight excluding hydrogens is 304 g/mol. The van der Waals surface area contributed by atoms with E-state index in [1.807, 2.05) is 0 Å². The molecule has 0 aromatic carbocycles. The highest BCUT2D eigenvalue weighted by molar-refractivity contribution is 5.81. The highest BCUT2D eigenvalue weighted by atomic mass is 16.8. The lowest BCUT2D eigenvalue weighted by Crippen LogP contribution is -2.44. The Hall–Kier alpha value is -0.990. The summed E-state index contributed by atoms with van der Waals surface area (Å²) >= 11 is 0. The van der Waals surface area contributed by atoms with Gasteiger partial charge in [0.05, 0.1) is 13.2 Å². The summed E-state index contributed by atoms with van der Waals surface area (Å²) in [6, 6.07) is 0. The molecule has 0 unspecified atom stereocenters. The van der Waals surface area contributed by atoms with E-state index in [9.17, 15) is 9.90 Å². The molecule has 2 heterocycles. The van der Waals surface area contributed by atoms with E-state index in [2.05, 4.69) is 0 Å². The number of rotatable bonds is 5. The lowest BCUT2D eigenvalue weighted by atomic mass is 10.0. The van der Waals surface area contributed by atoms with Crippen molar-refractivity contribution in [1.29, 1.82) is 0 Å². The molecular formula is C16H26O7. The molecule has 0 bridgehead atoms. The van der Waals surface area contributed by atoms with E-state index in [1.54, 1.807) is 40.7 Å². The van der Waals surface area contributed by atoms with Crippen molar-refractivity contribution in [2.45, 2.75) is 70.6 Å². The van der Waals surface area contributed by atoms with E-state index in [0.717, 1.165) is 0 Å². The van der Waals surface area contributed by atoms with Gasteiger partial charge in [-0.25, -0.2) is 4.79 Å². The Morgan fingerprint density at radius 1 is 1.26 bits per heavy atom. The number of aliphatic hydroxyl groups is 1. The zero-order chi connectivity index (χ0) is 17.3. The van der Waals surface area contributed by atoms with E-state index in [0.29, 0.717) is 6.61 Å². The summed E-state index contributed by atoms with van der Waals surface area (Å²) < 4.78 is 27.5. The molecule has 7 nitrogen and oxygen atoms in total. The number of carbonyl (C=O) groups is 1. The highest BCUT2D eigenvalue weighted by Crippen LogP contribution is 2.34. The molecule has 2 fully saturated rings. The molecule has 0 spiro atoms. The molecule has 0 amide bonds. The summed E-state index contributed by atoms with van der Waals surface area (Å²) in [6.45, 7) is 9.37. The van der Waals surface area contributed by atoms with Crippen LogP contribution in [0, 0.1) is 0 Å². The van der Waals surface area contributed by atoms with Gasteiger partial charge in [0.2, 0.25) is 0 Å². The molecule has 0 saturated carbocycles. The van der Waals surface area contributed by atoms with Gasteiger partial charge in [-0.2, -0.15) is 0 Å². The first-order valence-electron chi connectivity index (χ1n) is 7.84. The third kappa shape index (κ3) is 4.74. The van der Waals surface area contributed by atoms with Crippen LogP contribution >= 0.6 is 0 Å². The number of hydrogen-bond acceptors (Lipinski definition) is 7. The molecule has 23 heavy (non-hydrogen) atoms. The molecule has 0 radical (unpaired) electrons. The van der Waals surface area contributed by atoms with Crippen molar-refractivity contribution < 1.29 is 33.6 Å². The van der Waals surface area contributed by atoms with Crippen LogP contribution in [0.4, 0.5) is 0 Å². The summed E-state index contributed by atoms with van der Waals surface area (Å²) in [5.41, 5.74) is 0. The average Bonchev–Trinajstić information content (AvgIpc) is 2.95. The van der Waals surface area contributed by atoms with Gasteiger partial charge in [0, 0.05) is 6.08 Å². The van der Waals surface area contributed by atoms with Crippen LogP contribution in [0.2, 0.25) is 0 Å². The molecule has 2 aliphatic rings. The van der Waals surface area contributed by atoms with E-state index < -0.39 is 42.0 Å². The van der Waals surface area contributed by atoms with Gasteiger partial charge in [-0.3, -0.25) is 0 Å². The van der Waals surface area contributed by atoms with Crippen LogP contribution in [0.1, 0.15) is 34.6 Å². The summed E-state index contributed by atoms with van der Waals surface area (Å²) in [5, 5.41) is 10.6. The lowest BCUT2D eigenvalue weighted by Gasteiger charge is -2.26. The minimum atomic E-state index is -0.949. The maximum atomic E-state index is 11.5. The van der Waals surface area contributed by atoms with Gasteiger partial charge in [-0.05, 0) is 40.7 Å². The van der Waals surface area contributed by atoms with Crippen molar-refractivity contribution in [3.63, 3.8) is 0 Å². The number of ether oxygens (including phenoxy) is 5. The standard InChI is InChI=1S/C16H26O7/c1-6-19-12(17)8-7-10-14(23-16(4,5)21-10)13(18)11-9-20-15(2,3)22-11/h7-8,10-11,13-14,18H,6,9H2,1-5H3/b8-7-/t10-,11-,13-,14-/m1/s1. The SMILES string of the molecule is CCOC(=O)/C=C\[C@H]1OC(C)(C)O[C@H]1[C@H](O)[C@H]1COC(C)(C)O1. The summed E-state index contributed by atoms with van der Waals surface area (Å²) in [4.78, 5) is 11.5. The Morgan fingerprint density at radius 3 is 2.52 bits per heavy atom. The van der Waals surface area contributed by atoms with Crippen LogP contribution in [0.25, 0.3) is 0 Å². The Morgan fingerprint density at radius 2 is 1.96 bits per heavy atom. The maximum Gasteiger partial charge on any atom is 0.330 e. The van der Waals surface area contributed by atoms with Crippen LogP contribution in [0.5, 0.6) is 0 Å². The normalized spacial score (nSPS) is 33.9. The topological polar surface area (TPSA) is 83.5 Å². The van der Waals surface area contributed by atoms with Crippen molar-refractivity contribution in [2.75, 3.05) is 13.2 Å². The number of aliphatic hydroxyl groups excluding tert-OH is 1. The summed E-state index contributed by atoms with van der Waals surface area (Å²) in [6.07, 6.45) is 0.104. The van der Waals surface area contributed by atoms with Crippen molar-refractivity contribution in [3.05, 3.63) is 12.2 Å². The van der Waals surface area contributed by atoms with Crippen LogP contribution < -0.4 is 0 Å². The van der Waals surface area contributed by atoms with Crippen molar-refractivity contribution in [1.82, 2.24) is 0 Å². The van der Waals surface area contributed by atoms with Crippen LogP contribution in [0.15, 0.2) is 12.2 Å². The fraction of sp³-hybridized carbons (Fsp3) is 0.812. The first-order chi connectivity index (χ1) is 10.6. The molecule has 2 saturated heterocycles. The van der Waals surface area contributed by atoms with E-state index in [1.165, 1.54) is 6.08 Å². The van der Waals surface area contributed by atoms with Crippen molar-refractivity contribution >= 4 is 5.97 Å². The smallest absolute Gasteiger partial charge is 0.330 e. The molecule has 4 atom stereocenters. The molecule has 2 rings (SSSR count). The largest absolute Gasteiger partial charge is 0.463 e. The monoisotopic (exact) mass is 330 g/mol. The first-order valence-corrected chi connectivity index (χ1v) is 7.84. The zero-order valence-corrected chi connectivity index (χ0v) is 14.3. The van der Waals surface area contributed by atoms with E-state index >= 15 is 0 Å². The maximum absolute atomic E-state index is 11.5. The second-order valence-corrected chi connectivity index (χ2v) is 6.53. The molecule has 132 valence electrons. The van der Waals surface area contributed by atoms with Gasteiger partial charge >= 0.3 is 5.97 Å². The van der Waals surface area contributed by atoms with Crippen LogP contribution in [-0.2, 0) is 28.5 Å². The van der Waals surface area contributed by atoms with Gasteiger partial charge in [0.25, 0.3) is 0 Å². The third-order valence-electron chi connectivity index (χ3n) is 3.62. The van der Waals surface area contributed by atoms with Gasteiger partial charge in [0.15, 0.2) is 11.6 Å². The number of carbonyl (C=O) groups excluding carboxylic acids is 1. The minimum Gasteiger partial charge on any atom is -0.463 e. The predicted octanol–water partition coefficient (Wildman–Crippen LogP) is 1.14. The highest BCUT2D eigenvalue weighted by Gasteiger charge is 2.49. The molecule has 0 aliphatic carbocycles. The Kier molecular flexibility index (Phi) is 5.48. The number of esters is 1. The average molecular weight is 330 g/mol. The second kappa shape index (κ2) is 6.86. The van der Waals surface area contributed by atoms with Crippen LogP contribution in [-0.4, -0.2) is 60.3 Å². The van der Waals surface area contributed by atoms with Crippen LogP contribution in [0.3, 0.4) is 0 Å². The summed E-state index contributed by atoms with van der Waals surface area (Å²) in [5.74, 6) is -2.07. The third-order valence-corrected chi connectivity index (χ3v) is 3.62. The Labute approximate surface area is 136 Å². The Bertz CT molecular complexity index is 457. The van der Waals surface area contributed by atoms with E-state index in [-0.39, 0.29) is 6.61 Å². The van der Waals surface area contributed by atoms with Crippen molar-refractivity contribution in [3.8, 4) is 0 Å². The molecule has 0 aromatic heterocycles. The fourth-order valence-electron chi connectivity index (χ4n) is 2.69. The first kappa shape index (κ1) is 18.4. The molecule has 0 aromatic rings. The minimum absolute atomic E-state index is 0.267. The van der Waals surface area contributed by atoms with Crippen molar-refractivity contribution in [2.24, 2.45) is 0 Å². The summed E-state index contributed by atoms with van der Waals surface area (Å²) in [7, 11) is 0. The van der Waals surface area contributed by atoms with E-state index in [4.69, 9.17) is 23.7 Å². The molecule has 7 heteroatoms. The Balaban J connectivity index is 2.06. The van der Waals surface area contributed by atoms with Gasteiger partial charge in [-0.1, -0.05) is 0 Å². The van der Waals surface area contributed by atoms with Gasteiger partial charge in [-0.15, -0.1) is 0 Å². The van der Waals surface area contributed by atoms with Gasteiger partial charge < -0.3 is 28.8 Å². The predicted molar refractivity (Wildman–Crippen MR) is 80.5 cm³/mol. The quantitative estimate of drug-likeness (QED) is 0.598. The second-order valence-electron chi connectivity index (χ2n) is 6.53. The lowest BCUT2D eigenvalue weighted by molar-refractivity contribution is -0.178. The fourth-order valence-corrected chi connectivity index (χ4v) is 2.69. The molecule has 2 aliphatic heterocycles. The molecule has 1 N–H and O–H groups in total. The van der Waals surface area contributed by atoms with Gasteiger partial charge in [0.1, 0.15) is 24.4 Å².